The van der Waals surface area contributed by atoms with Gasteiger partial charge in [0.1, 0.15) is 17.4 Å². The summed E-state index contributed by atoms with van der Waals surface area (Å²) in [4.78, 5) is 16.0. The lowest BCUT2D eigenvalue weighted by Gasteiger charge is -1.99. The summed E-state index contributed by atoms with van der Waals surface area (Å²) in [7, 11) is 0. The average Bonchev–Trinajstić information content (AvgIpc) is 3.09. The van der Waals surface area contributed by atoms with Crippen molar-refractivity contribution in [3.63, 3.8) is 0 Å². The van der Waals surface area contributed by atoms with Gasteiger partial charge in [0.15, 0.2) is 10.1 Å². The van der Waals surface area contributed by atoms with Gasteiger partial charge >= 0.3 is 0 Å². The smallest absolute Gasteiger partial charge is 0.261 e. The largest absolute Gasteiger partial charge is 0.452 e. The second-order valence-electron chi connectivity index (χ2n) is 3.98. The maximum atomic E-state index is 13.7. The number of rotatable bonds is 3. The van der Waals surface area contributed by atoms with E-state index in [1.807, 2.05) is 0 Å². The number of thiazole rings is 1. The second-order valence-corrected chi connectivity index (χ2v) is 6.09. The van der Waals surface area contributed by atoms with Gasteiger partial charge in [-0.25, -0.2) is 13.8 Å². The first-order valence-corrected chi connectivity index (χ1v) is 7.50. The summed E-state index contributed by atoms with van der Waals surface area (Å²) in [6.07, 6.45) is 1.60. The van der Waals surface area contributed by atoms with Crippen LogP contribution in [0.25, 0.3) is 11.3 Å². The minimum absolute atomic E-state index is 0.0916. The van der Waals surface area contributed by atoms with Crippen LogP contribution in [0, 0.1) is 11.6 Å². The first kappa shape index (κ1) is 14.0. The lowest BCUT2D eigenvalue weighted by molar-refractivity contribution is 0.106. The van der Waals surface area contributed by atoms with E-state index in [4.69, 9.17) is 4.42 Å². The monoisotopic (exact) mass is 323 g/mol. The second kappa shape index (κ2) is 5.79. The Bertz CT molecular complexity index is 784. The number of thioether (sulfide) groups is 1. The molecule has 3 nitrogen and oxygen atoms in total. The number of benzene rings is 1. The Hall–Kier alpha value is -1.99. The molecule has 0 bridgehead atoms. The highest BCUT2D eigenvalue weighted by Gasteiger charge is 2.17. The number of carbonyl (C=O) groups is 1. The predicted octanol–water partition coefficient (Wildman–Crippen LogP) is 4.61. The van der Waals surface area contributed by atoms with Gasteiger partial charge in [0, 0.05) is 17.6 Å². The van der Waals surface area contributed by atoms with Crippen LogP contribution in [0.4, 0.5) is 8.78 Å². The number of hydrogen-bond acceptors (Lipinski definition) is 5. The molecule has 0 radical (unpaired) electrons. The van der Waals surface area contributed by atoms with Gasteiger partial charge in [-0.1, -0.05) is 0 Å². The molecule has 106 valence electrons. The van der Waals surface area contributed by atoms with E-state index in [9.17, 15) is 13.6 Å². The molecule has 3 rings (SSSR count). The quantitative estimate of drug-likeness (QED) is 0.660. The molecule has 2 heterocycles. The van der Waals surface area contributed by atoms with Crippen molar-refractivity contribution in [3.8, 4) is 11.3 Å². The molecule has 1 aromatic carbocycles. The summed E-state index contributed by atoms with van der Waals surface area (Å²) >= 11 is 2.28. The third kappa shape index (κ3) is 3.03. The van der Waals surface area contributed by atoms with Gasteiger partial charge in [-0.2, -0.15) is 0 Å². The van der Waals surface area contributed by atoms with E-state index >= 15 is 0 Å². The van der Waals surface area contributed by atoms with Gasteiger partial charge in [-0.05, 0) is 36.0 Å². The molecule has 0 aliphatic carbocycles. The molecule has 0 atom stereocenters. The summed E-state index contributed by atoms with van der Waals surface area (Å²) in [6.45, 7) is 0. The maximum absolute atomic E-state index is 13.7. The minimum Gasteiger partial charge on any atom is -0.452 e. The predicted molar refractivity (Wildman–Crippen MR) is 76.4 cm³/mol. The van der Waals surface area contributed by atoms with E-state index in [1.54, 1.807) is 11.6 Å². The highest BCUT2D eigenvalue weighted by molar-refractivity contribution is 8.15. The summed E-state index contributed by atoms with van der Waals surface area (Å²) in [5, 5.41) is 1.44. The Morgan fingerprint density at radius 1 is 1.24 bits per heavy atom. The van der Waals surface area contributed by atoms with Crippen molar-refractivity contribution in [3.05, 3.63) is 59.3 Å². The minimum atomic E-state index is -0.740. The van der Waals surface area contributed by atoms with Crippen LogP contribution in [0.1, 0.15) is 10.6 Å². The molecule has 7 heteroatoms. The van der Waals surface area contributed by atoms with Gasteiger partial charge in [0.2, 0.25) is 0 Å². The number of nitrogens with zero attached hydrogens (tertiary/aromatic N) is 1. The van der Waals surface area contributed by atoms with Crippen molar-refractivity contribution in [2.24, 2.45) is 0 Å². The normalized spacial score (nSPS) is 10.8. The molecule has 0 fully saturated rings. The molecule has 0 saturated heterocycles. The summed E-state index contributed by atoms with van der Waals surface area (Å²) in [6, 6.07) is 6.11. The van der Waals surface area contributed by atoms with Crippen molar-refractivity contribution < 1.29 is 18.0 Å². The molecule has 0 aliphatic rings. The lowest BCUT2D eigenvalue weighted by Crippen LogP contribution is -1.89. The molecule has 0 spiro atoms. The summed E-state index contributed by atoms with van der Waals surface area (Å²) in [5.74, 6) is -1.14. The van der Waals surface area contributed by atoms with Gasteiger partial charge in [0.05, 0.1) is 5.56 Å². The van der Waals surface area contributed by atoms with Gasteiger partial charge in [0.25, 0.3) is 5.12 Å². The number of furan rings is 1. The fourth-order valence-corrected chi connectivity index (χ4v) is 3.10. The van der Waals surface area contributed by atoms with Crippen molar-refractivity contribution in [2.75, 3.05) is 0 Å². The van der Waals surface area contributed by atoms with Gasteiger partial charge in [-0.15, -0.1) is 11.3 Å². The summed E-state index contributed by atoms with van der Waals surface area (Å²) < 4.78 is 32.5. The molecule has 2 aromatic heterocycles. The Labute approximate surface area is 126 Å². The van der Waals surface area contributed by atoms with Crippen LogP contribution in [0.2, 0.25) is 0 Å². The molecule has 21 heavy (non-hydrogen) atoms. The van der Waals surface area contributed by atoms with Crippen LogP contribution in [0.5, 0.6) is 0 Å². The Balaban J connectivity index is 1.84. The van der Waals surface area contributed by atoms with E-state index in [1.165, 1.54) is 29.5 Å². The summed E-state index contributed by atoms with van der Waals surface area (Å²) in [5.41, 5.74) is 0.106. The highest BCUT2D eigenvalue weighted by atomic mass is 32.2. The van der Waals surface area contributed by atoms with E-state index in [2.05, 4.69) is 4.98 Å². The van der Waals surface area contributed by atoms with E-state index in [0.717, 1.165) is 23.9 Å². The zero-order chi connectivity index (χ0) is 14.8. The van der Waals surface area contributed by atoms with Crippen LogP contribution >= 0.6 is 23.1 Å². The third-order valence-electron chi connectivity index (χ3n) is 2.59. The standard InChI is InChI=1S/C14H7F2NO2S2/c15-8-1-2-9(10(16)7-8)11-3-4-12(19-11)13(18)21-14-17-5-6-20-14/h1-7H. The Morgan fingerprint density at radius 2 is 2.10 bits per heavy atom. The SMILES string of the molecule is O=C(Sc1nccs1)c1ccc(-c2ccc(F)cc2F)o1. The van der Waals surface area contributed by atoms with Gasteiger partial charge in [-0.3, -0.25) is 4.79 Å². The zero-order valence-electron chi connectivity index (χ0n) is 10.4. The fraction of sp³-hybridized carbons (Fsp3) is 0. The average molecular weight is 323 g/mol. The number of aromatic nitrogens is 1. The van der Waals surface area contributed by atoms with Gasteiger partial charge < -0.3 is 4.42 Å². The van der Waals surface area contributed by atoms with Crippen molar-refractivity contribution in [2.45, 2.75) is 4.34 Å². The van der Waals surface area contributed by atoms with E-state index in [0.29, 0.717) is 4.34 Å². The van der Waals surface area contributed by atoms with Crippen LogP contribution in [-0.4, -0.2) is 10.1 Å². The fourth-order valence-electron chi connectivity index (χ4n) is 1.67. The molecule has 0 N–H and O–H groups in total. The highest BCUT2D eigenvalue weighted by Crippen LogP contribution is 2.29. The van der Waals surface area contributed by atoms with Crippen LogP contribution < -0.4 is 0 Å². The first-order chi connectivity index (χ1) is 10.1. The third-order valence-corrected chi connectivity index (χ3v) is 4.36. The molecule has 0 aliphatic heterocycles. The van der Waals surface area contributed by atoms with Crippen molar-refractivity contribution >= 4 is 28.2 Å². The molecule has 3 aromatic rings. The van der Waals surface area contributed by atoms with E-state index < -0.39 is 11.6 Å². The molecule has 0 unspecified atom stereocenters. The Kier molecular flexibility index (Phi) is 3.85. The maximum Gasteiger partial charge on any atom is 0.261 e. The zero-order valence-corrected chi connectivity index (χ0v) is 12.0. The first-order valence-electron chi connectivity index (χ1n) is 5.80. The lowest BCUT2D eigenvalue weighted by atomic mass is 10.1. The van der Waals surface area contributed by atoms with Crippen LogP contribution in [-0.2, 0) is 0 Å². The topological polar surface area (TPSA) is 43.1 Å². The number of carbonyl (C=O) groups excluding carboxylic acids is 1. The molecular weight excluding hydrogens is 316 g/mol. The van der Waals surface area contributed by atoms with Crippen molar-refractivity contribution in [1.82, 2.24) is 4.98 Å². The van der Waals surface area contributed by atoms with Crippen molar-refractivity contribution in [1.29, 1.82) is 0 Å². The molecule has 0 amide bonds. The van der Waals surface area contributed by atoms with Crippen LogP contribution in [0.15, 0.2) is 50.7 Å². The number of hydrogen-bond donors (Lipinski definition) is 0. The molecule has 0 saturated carbocycles. The Morgan fingerprint density at radius 3 is 2.81 bits per heavy atom. The molecular formula is C14H7F2NO2S2. The van der Waals surface area contributed by atoms with Crippen LogP contribution in [0.3, 0.4) is 0 Å². The van der Waals surface area contributed by atoms with E-state index in [-0.39, 0.29) is 22.2 Å². The number of halogens is 2.